The number of rotatable bonds is 5. The number of ether oxygens (including phenoxy) is 1. The molecule has 7 heteroatoms. The van der Waals surface area contributed by atoms with Crippen LogP contribution in [0.3, 0.4) is 0 Å². The van der Waals surface area contributed by atoms with Gasteiger partial charge in [-0.15, -0.1) is 0 Å². The van der Waals surface area contributed by atoms with Gasteiger partial charge in [0, 0.05) is 25.3 Å². The first kappa shape index (κ1) is 16.9. The summed E-state index contributed by atoms with van der Waals surface area (Å²) in [6, 6.07) is 5.71. The van der Waals surface area contributed by atoms with Crippen molar-refractivity contribution in [1.29, 1.82) is 0 Å². The van der Waals surface area contributed by atoms with E-state index in [1.54, 1.807) is 4.90 Å². The van der Waals surface area contributed by atoms with Crippen LogP contribution in [0.1, 0.15) is 36.5 Å². The molecule has 122 valence electrons. The Hall–Kier alpha value is -1.44. The zero-order chi connectivity index (χ0) is 16.2. The number of nitrogens with two attached hydrogens (primary N) is 1. The number of hydrogen-bond acceptors (Lipinski definition) is 4. The van der Waals surface area contributed by atoms with Crippen LogP contribution in [0.2, 0.25) is 0 Å². The van der Waals surface area contributed by atoms with Crippen LogP contribution in [-0.2, 0) is 14.8 Å². The number of primary sulfonamides is 1. The Kier molecular flexibility index (Phi) is 5.55. The number of likely N-dealkylation sites (tertiary alicyclic amines) is 1. The summed E-state index contributed by atoms with van der Waals surface area (Å²) >= 11 is 0. The van der Waals surface area contributed by atoms with Crippen LogP contribution >= 0.6 is 0 Å². The number of sulfonamides is 1. The van der Waals surface area contributed by atoms with Gasteiger partial charge in [-0.1, -0.05) is 6.92 Å². The molecule has 1 aliphatic heterocycles. The molecule has 22 heavy (non-hydrogen) atoms. The molecule has 1 heterocycles. The summed E-state index contributed by atoms with van der Waals surface area (Å²) in [6.45, 7) is 4.03. The van der Waals surface area contributed by atoms with Crippen LogP contribution in [0.4, 0.5) is 0 Å². The van der Waals surface area contributed by atoms with E-state index in [-0.39, 0.29) is 16.9 Å². The molecule has 1 aliphatic rings. The second-order valence-electron chi connectivity index (χ2n) is 5.46. The maximum absolute atomic E-state index is 12.5. The fourth-order valence-corrected chi connectivity index (χ4v) is 3.03. The Morgan fingerprint density at radius 3 is 2.64 bits per heavy atom. The van der Waals surface area contributed by atoms with Gasteiger partial charge in [0.05, 0.1) is 11.0 Å². The molecule has 0 spiro atoms. The van der Waals surface area contributed by atoms with Gasteiger partial charge >= 0.3 is 0 Å². The Labute approximate surface area is 131 Å². The molecular weight excluding hydrogens is 304 g/mol. The van der Waals surface area contributed by atoms with Gasteiger partial charge in [0.1, 0.15) is 0 Å². The first-order valence-corrected chi connectivity index (χ1v) is 9.00. The van der Waals surface area contributed by atoms with Gasteiger partial charge in [-0.3, -0.25) is 4.79 Å². The van der Waals surface area contributed by atoms with E-state index in [2.05, 4.69) is 6.92 Å². The highest BCUT2D eigenvalue weighted by Crippen LogP contribution is 2.17. The number of benzene rings is 1. The van der Waals surface area contributed by atoms with Crippen molar-refractivity contribution in [3.8, 4) is 0 Å². The fourth-order valence-electron chi connectivity index (χ4n) is 2.51. The molecule has 0 aromatic heterocycles. The quantitative estimate of drug-likeness (QED) is 0.885. The van der Waals surface area contributed by atoms with E-state index in [1.807, 2.05) is 0 Å². The zero-order valence-corrected chi connectivity index (χ0v) is 13.5. The van der Waals surface area contributed by atoms with Crippen LogP contribution in [-0.4, -0.2) is 45.0 Å². The van der Waals surface area contributed by atoms with Crippen molar-refractivity contribution in [2.75, 3.05) is 19.7 Å². The Morgan fingerprint density at radius 1 is 1.36 bits per heavy atom. The summed E-state index contributed by atoms with van der Waals surface area (Å²) in [7, 11) is -3.73. The minimum atomic E-state index is -3.73. The highest BCUT2D eigenvalue weighted by Gasteiger charge is 2.25. The third-order valence-corrected chi connectivity index (χ3v) is 4.58. The molecule has 0 unspecified atom stereocenters. The normalized spacial score (nSPS) is 19.2. The molecule has 0 saturated carbocycles. The van der Waals surface area contributed by atoms with Crippen LogP contribution in [0.5, 0.6) is 0 Å². The highest BCUT2D eigenvalue weighted by molar-refractivity contribution is 7.89. The SMILES string of the molecule is CCCO[C@@H]1CCCN(C(=O)c2ccc(S(N)(=O)=O)cc2)C1. The molecule has 0 aliphatic carbocycles. The van der Waals surface area contributed by atoms with Gasteiger partial charge in [0.25, 0.3) is 5.91 Å². The molecule has 0 bridgehead atoms. The van der Waals surface area contributed by atoms with E-state index in [0.717, 1.165) is 19.3 Å². The van der Waals surface area contributed by atoms with Gasteiger partial charge in [-0.25, -0.2) is 13.6 Å². The third kappa shape index (κ3) is 4.28. The van der Waals surface area contributed by atoms with Crippen molar-refractivity contribution in [3.05, 3.63) is 29.8 Å². The topological polar surface area (TPSA) is 89.7 Å². The van der Waals surface area contributed by atoms with Crippen molar-refractivity contribution in [1.82, 2.24) is 4.90 Å². The smallest absolute Gasteiger partial charge is 0.253 e. The van der Waals surface area contributed by atoms with Crippen LogP contribution in [0, 0.1) is 0 Å². The molecular formula is C15H22N2O4S. The van der Waals surface area contributed by atoms with E-state index in [1.165, 1.54) is 24.3 Å². The van der Waals surface area contributed by atoms with Crippen LogP contribution in [0.25, 0.3) is 0 Å². The summed E-state index contributed by atoms with van der Waals surface area (Å²) < 4.78 is 28.2. The Balaban J connectivity index is 2.04. The molecule has 0 radical (unpaired) electrons. The van der Waals surface area contributed by atoms with Gasteiger partial charge in [0.15, 0.2) is 0 Å². The second-order valence-corrected chi connectivity index (χ2v) is 7.02. The average Bonchev–Trinajstić information content (AvgIpc) is 2.52. The number of carbonyl (C=O) groups is 1. The third-order valence-electron chi connectivity index (χ3n) is 3.65. The van der Waals surface area contributed by atoms with Crippen molar-refractivity contribution in [2.24, 2.45) is 5.14 Å². The van der Waals surface area contributed by atoms with E-state index in [4.69, 9.17) is 9.88 Å². The zero-order valence-electron chi connectivity index (χ0n) is 12.7. The largest absolute Gasteiger partial charge is 0.376 e. The summed E-state index contributed by atoms with van der Waals surface area (Å²) in [5, 5.41) is 5.05. The van der Waals surface area contributed by atoms with E-state index >= 15 is 0 Å². The minimum Gasteiger partial charge on any atom is -0.376 e. The Morgan fingerprint density at radius 2 is 2.05 bits per heavy atom. The molecule has 2 N–H and O–H groups in total. The average molecular weight is 326 g/mol. The lowest BCUT2D eigenvalue weighted by molar-refractivity contribution is 0.00211. The lowest BCUT2D eigenvalue weighted by Gasteiger charge is -2.32. The van der Waals surface area contributed by atoms with Crippen molar-refractivity contribution in [2.45, 2.75) is 37.2 Å². The minimum absolute atomic E-state index is 0.00634. The van der Waals surface area contributed by atoms with Gasteiger partial charge in [-0.2, -0.15) is 0 Å². The molecule has 2 rings (SSSR count). The summed E-state index contributed by atoms with van der Waals surface area (Å²) in [5.74, 6) is -0.106. The molecule has 1 amide bonds. The molecule has 1 atom stereocenters. The maximum Gasteiger partial charge on any atom is 0.253 e. The molecule has 1 aromatic rings. The number of amides is 1. The highest BCUT2D eigenvalue weighted by atomic mass is 32.2. The van der Waals surface area contributed by atoms with Crippen LogP contribution in [0.15, 0.2) is 29.2 Å². The lowest BCUT2D eigenvalue weighted by atomic mass is 10.1. The number of carbonyl (C=O) groups excluding carboxylic acids is 1. The Bertz CT molecular complexity index is 613. The maximum atomic E-state index is 12.5. The molecule has 1 saturated heterocycles. The van der Waals surface area contributed by atoms with E-state index in [0.29, 0.717) is 25.3 Å². The first-order valence-electron chi connectivity index (χ1n) is 7.45. The predicted octanol–water partition coefficient (Wildman–Crippen LogP) is 1.37. The summed E-state index contributed by atoms with van der Waals surface area (Å²) in [5.41, 5.74) is 0.462. The van der Waals surface area contributed by atoms with Gasteiger partial charge in [0.2, 0.25) is 10.0 Å². The van der Waals surface area contributed by atoms with Gasteiger partial charge < -0.3 is 9.64 Å². The lowest BCUT2D eigenvalue weighted by Crippen LogP contribution is -2.43. The van der Waals surface area contributed by atoms with Crippen LogP contribution < -0.4 is 5.14 Å². The van der Waals surface area contributed by atoms with E-state index in [9.17, 15) is 13.2 Å². The van der Waals surface area contributed by atoms with Gasteiger partial charge in [-0.05, 0) is 43.5 Å². The first-order chi connectivity index (χ1) is 10.4. The summed E-state index contributed by atoms with van der Waals surface area (Å²) in [4.78, 5) is 14.2. The predicted molar refractivity (Wildman–Crippen MR) is 83.0 cm³/mol. The van der Waals surface area contributed by atoms with E-state index < -0.39 is 10.0 Å². The standard InChI is InChI=1S/C15H22N2O4S/c1-2-10-21-13-4-3-9-17(11-13)15(18)12-5-7-14(8-6-12)22(16,19)20/h5-8,13H,2-4,9-11H2,1H3,(H2,16,19,20)/t13-/m1/s1. The number of hydrogen-bond donors (Lipinski definition) is 1. The number of piperidine rings is 1. The monoisotopic (exact) mass is 326 g/mol. The molecule has 6 nitrogen and oxygen atoms in total. The van der Waals surface area contributed by atoms with Crippen molar-refractivity contribution >= 4 is 15.9 Å². The van der Waals surface area contributed by atoms with Crippen molar-refractivity contribution in [3.63, 3.8) is 0 Å². The molecule has 1 aromatic carbocycles. The number of nitrogens with zero attached hydrogens (tertiary/aromatic N) is 1. The summed E-state index contributed by atoms with van der Waals surface area (Å²) in [6.07, 6.45) is 2.92. The molecule has 1 fully saturated rings. The second kappa shape index (κ2) is 7.21. The van der Waals surface area contributed by atoms with Crippen molar-refractivity contribution < 1.29 is 17.9 Å². The fraction of sp³-hybridized carbons (Fsp3) is 0.533.